The summed E-state index contributed by atoms with van der Waals surface area (Å²) in [5, 5.41) is 7.38. The lowest BCUT2D eigenvalue weighted by atomic mass is 10.2. The lowest BCUT2D eigenvalue weighted by molar-refractivity contribution is -0.116. The standard InChI is InChI=1S/C20H14ClN3OS2/c21-20-14-3-1-2-4-16(14)27-17(20)5-6-18(25)23-11-19-24-15(12-26-19)13-7-9-22-10-8-13/h1-10,12H,11H2,(H,23,25)/b6-5+. The molecule has 0 atom stereocenters. The number of hydrogen-bond acceptors (Lipinski definition) is 5. The summed E-state index contributed by atoms with van der Waals surface area (Å²) < 4.78 is 1.11. The lowest BCUT2D eigenvalue weighted by Crippen LogP contribution is -2.20. The number of nitrogens with zero attached hydrogens (tertiary/aromatic N) is 2. The summed E-state index contributed by atoms with van der Waals surface area (Å²) >= 11 is 9.47. The maximum Gasteiger partial charge on any atom is 0.244 e. The summed E-state index contributed by atoms with van der Waals surface area (Å²) in [7, 11) is 0. The van der Waals surface area contributed by atoms with Crippen molar-refractivity contribution in [2.24, 2.45) is 0 Å². The number of aromatic nitrogens is 2. The number of pyridine rings is 1. The molecule has 0 aliphatic carbocycles. The highest BCUT2D eigenvalue weighted by molar-refractivity contribution is 7.20. The highest BCUT2D eigenvalue weighted by atomic mass is 35.5. The van der Waals surface area contributed by atoms with Crippen molar-refractivity contribution >= 4 is 56.3 Å². The van der Waals surface area contributed by atoms with E-state index in [4.69, 9.17) is 11.6 Å². The second-order valence-electron chi connectivity index (χ2n) is 5.69. The Balaban J connectivity index is 1.39. The number of carbonyl (C=O) groups is 1. The molecule has 1 amide bonds. The van der Waals surface area contributed by atoms with Crippen molar-refractivity contribution in [2.75, 3.05) is 0 Å². The van der Waals surface area contributed by atoms with E-state index in [-0.39, 0.29) is 5.91 Å². The number of carbonyl (C=O) groups excluding carboxylic acids is 1. The fourth-order valence-corrected chi connectivity index (χ4v) is 4.70. The average molecular weight is 412 g/mol. The molecule has 0 unspecified atom stereocenters. The first-order valence-electron chi connectivity index (χ1n) is 8.18. The van der Waals surface area contributed by atoms with Gasteiger partial charge in [-0.05, 0) is 24.3 Å². The molecule has 3 heterocycles. The maximum atomic E-state index is 12.1. The minimum absolute atomic E-state index is 0.177. The highest BCUT2D eigenvalue weighted by Gasteiger charge is 2.08. The molecule has 1 aromatic carbocycles. The zero-order valence-electron chi connectivity index (χ0n) is 14.1. The first-order valence-corrected chi connectivity index (χ1v) is 10.3. The first kappa shape index (κ1) is 17.9. The molecule has 0 saturated heterocycles. The number of benzene rings is 1. The van der Waals surface area contributed by atoms with Crippen LogP contribution in [0.15, 0.2) is 60.2 Å². The van der Waals surface area contributed by atoms with Crippen molar-refractivity contribution in [1.82, 2.24) is 15.3 Å². The van der Waals surface area contributed by atoms with Crippen molar-refractivity contribution in [3.05, 3.63) is 75.2 Å². The molecule has 27 heavy (non-hydrogen) atoms. The molecule has 0 spiro atoms. The van der Waals surface area contributed by atoms with Crippen molar-refractivity contribution in [3.8, 4) is 11.3 Å². The Kier molecular flexibility index (Phi) is 5.29. The van der Waals surface area contributed by atoms with E-state index in [9.17, 15) is 4.79 Å². The van der Waals surface area contributed by atoms with Gasteiger partial charge in [0.1, 0.15) is 5.01 Å². The Morgan fingerprint density at radius 2 is 2.00 bits per heavy atom. The maximum absolute atomic E-state index is 12.1. The summed E-state index contributed by atoms with van der Waals surface area (Å²) in [5.41, 5.74) is 1.90. The van der Waals surface area contributed by atoms with E-state index in [1.54, 1.807) is 29.8 Å². The number of amides is 1. The van der Waals surface area contributed by atoms with Gasteiger partial charge in [0.2, 0.25) is 5.91 Å². The van der Waals surface area contributed by atoms with Gasteiger partial charge in [0.05, 0.1) is 17.3 Å². The molecular formula is C20H14ClN3OS2. The smallest absolute Gasteiger partial charge is 0.244 e. The molecular weight excluding hydrogens is 398 g/mol. The van der Waals surface area contributed by atoms with Crippen LogP contribution in [-0.4, -0.2) is 15.9 Å². The molecule has 4 rings (SSSR count). The summed E-state index contributed by atoms with van der Waals surface area (Å²) in [6.07, 6.45) is 6.74. The van der Waals surface area contributed by atoms with Crippen LogP contribution in [-0.2, 0) is 11.3 Å². The zero-order valence-corrected chi connectivity index (χ0v) is 16.4. The molecule has 1 N–H and O–H groups in total. The molecule has 0 saturated carbocycles. The van der Waals surface area contributed by atoms with Crippen molar-refractivity contribution < 1.29 is 4.79 Å². The molecule has 4 aromatic rings. The Bertz CT molecular complexity index is 1120. The number of halogens is 1. The molecule has 4 nitrogen and oxygen atoms in total. The first-order chi connectivity index (χ1) is 13.2. The number of rotatable bonds is 5. The number of fused-ring (bicyclic) bond motifs is 1. The molecule has 7 heteroatoms. The summed E-state index contributed by atoms with van der Waals surface area (Å²) in [4.78, 5) is 21.6. The summed E-state index contributed by atoms with van der Waals surface area (Å²) in [6.45, 7) is 0.388. The Hall–Kier alpha value is -2.54. The molecule has 0 fully saturated rings. The third kappa shape index (κ3) is 4.08. The van der Waals surface area contributed by atoms with Crippen LogP contribution in [0.2, 0.25) is 5.02 Å². The van der Waals surface area contributed by atoms with E-state index in [1.165, 1.54) is 17.4 Å². The van der Waals surface area contributed by atoms with Crippen molar-refractivity contribution in [2.45, 2.75) is 6.54 Å². The van der Waals surface area contributed by atoms with E-state index in [2.05, 4.69) is 15.3 Å². The Morgan fingerprint density at radius 3 is 2.81 bits per heavy atom. The molecule has 0 aliphatic heterocycles. The van der Waals surface area contributed by atoms with Crippen LogP contribution >= 0.6 is 34.3 Å². The van der Waals surface area contributed by atoms with Gasteiger partial charge < -0.3 is 5.32 Å². The number of hydrogen-bond donors (Lipinski definition) is 1. The minimum atomic E-state index is -0.177. The van der Waals surface area contributed by atoms with Crippen molar-refractivity contribution in [1.29, 1.82) is 0 Å². The van der Waals surface area contributed by atoms with Crippen LogP contribution < -0.4 is 5.32 Å². The van der Waals surface area contributed by atoms with E-state index in [0.29, 0.717) is 11.6 Å². The molecule has 0 aliphatic rings. The number of thiophene rings is 1. The van der Waals surface area contributed by atoms with Gasteiger partial charge in [0.25, 0.3) is 0 Å². The molecule has 0 bridgehead atoms. The van der Waals surface area contributed by atoms with Gasteiger partial charge in [-0.2, -0.15) is 0 Å². The topological polar surface area (TPSA) is 54.9 Å². The van der Waals surface area contributed by atoms with E-state index in [1.807, 2.05) is 41.8 Å². The van der Waals surface area contributed by atoms with Crippen molar-refractivity contribution in [3.63, 3.8) is 0 Å². The monoisotopic (exact) mass is 411 g/mol. The number of nitrogens with one attached hydrogen (secondary N) is 1. The minimum Gasteiger partial charge on any atom is -0.346 e. The average Bonchev–Trinajstić information content (AvgIpc) is 3.31. The van der Waals surface area contributed by atoms with E-state index < -0.39 is 0 Å². The SMILES string of the molecule is O=C(/C=C/c1sc2ccccc2c1Cl)NCc1nc(-c2ccncc2)cs1. The lowest BCUT2D eigenvalue weighted by Gasteiger charge is -1.98. The van der Waals surface area contributed by atoms with Gasteiger partial charge in [-0.3, -0.25) is 9.78 Å². The van der Waals surface area contributed by atoms with Crippen LogP contribution in [0.3, 0.4) is 0 Å². The second-order valence-corrected chi connectivity index (χ2v) is 8.09. The zero-order chi connectivity index (χ0) is 18.6. The highest BCUT2D eigenvalue weighted by Crippen LogP contribution is 2.35. The third-order valence-electron chi connectivity index (χ3n) is 3.89. The van der Waals surface area contributed by atoms with E-state index in [0.717, 1.165) is 31.2 Å². The normalized spacial score (nSPS) is 11.3. The molecule has 134 valence electrons. The van der Waals surface area contributed by atoms with Crippen LogP contribution in [0.1, 0.15) is 9.88 Å². The molecule has 3 aromatic heterocycles. The van der Waals surface area contributed by atoms with Gasteiger partial charge in [0, 0.05) is 44.4 Å². The van der Waals surface area contributed by atoms with Crippen LogP contribution in [0.4, 0.5) is 0 Å². The fraction of sp³-hybridized carbons (Fsp3) is 0.0500. The van der Waals surface area contributed by atoms with E-state index >= 15 is 0 Å². The van der Waals surface area contributed by atoms with Crippen LogP contribution in [0.5, 0.6) is 0 Å². The predicted octanol–water partition coefficient (Wildman–Crippen LogP) is 5.40. The number of thiazole rings is 1. The van der Waals surface area contributed by atoms with Gasteiger partial charge in [-0.15, -0.1) is 22.7 Å². The third-order valence-corrected chi connectivity index (χ3v) is 6.39. The predicted molar refractivity (Wildman–Crippen MR) is 113 cm³/mol. The fourth-order valence-electron chi connectivity index (χ4n) is 2.56. The van der Waals surface area contributed by atoms with Crippen LogP contribution in [0.25, 0.3) is 27.4 Å². The van der Waals surface area contributed by atoms with Gasteiger partial charge in [-0.25, -0.2) is 4.98 Å². The Morgan fingerprint density at radius 1 is 1.19 bits per heavy atom. The Labute approximate surface area is 169 Å². The second kappa shape index (κ2) is 8.00. The summed E-state index contributed by atoms with van der Waals surface area (Å²) in [5.74, 6) is -0.177. The summed E-state index contributed by atoms with van der Waals surface area (Å²) in [6, 6.07) is 11.8. The van der Waals surface area contributed by atoms with Gasteiger partial charge >= 0.3 is 0 Å². The largest absolute Gasteiger partial charge is 0.346 e. The molecule has 0 radical (unpaired) electrons. The van der Waals surface area contributed by atoms with Gasteiger partial charge in [0.15, 0.2) is 0 Å². The quantitative estimate of drug-likeness (QED) is 0.447. The van der Waals surface area contributed by atoms with Gasteiger partial charge in [-0.1, -0.05) is 29.8 Å². The van der Waals surface area contributed by atoms with Crippen LogP contribution in [0, 0.1) is 0 Å².